The van der Waals surface area contributed by atoms with Crippen LogP contribution < -0.4 is 4.72 Å². The molecule has 0 atom stereocenters. The summed E-state index contributed by atoms with van der Waals surface area (Å²) < 4.78 is 23.9. The van der Waals surface area contributed by atoms with Crippen molar-refractivity contribution in [1.82, 2.24) is 0 Å². The Kier molecular flexibility index (Phi) is 3.28. The maximum absolute atomic E-state index is 11.0. The number of phenolic OH excluding ortho intramolecular Hbond substituents is 1. The quantitative estimate of drug-likeness (QED) is 0.339. The number of rotatable bonds is 4. The van der Waals surface area contributed by atoms with Gasteiger partial charge in [0.25, 0.3) is 0 Å². The lowest BCUT2D eigenvalue weighted by molar-refractivity contribution is -0.104. The van der Waals surface area contributed by atoms with E-state index in [0.29, 0.717) is 0 Å². The van der Waals surface area contributed by atoms with Gasteiger partial charge in [0.2, 0.25) is 15.8 Å². The molecule has 6 nitrogen and oxygen atoms in total. The van der Waals surface area contributed by atoms with Crippen molar-refractivity contribution >= 4 is 27.8 Å². The molecule has 0 saturated carbocycles. The van der Waals surface area contributed by atoms with Crippen LogP contribution in [0.2, 0.25) is 0 Å². The minimum atomic E-state index is -3.47. The zero-order chi connectivity index (χ0) is 12.3. The van der Waals surface area contributed by atoms with Crippen molar-refractivity contribution in [1.29, 1.82) is 0 Å². The summed E-state index contributed by atoms with van der Waals surface area (Å²) in [5, 5.41) is 9.28. The van der Waals surface area contributed by atoms with Gasteiger partial charge < -0.3 is 5.11 Å². The fraction of sp³-hybridized carbons (Fsp3) is 0.111. The number of hydrogen-bond donors (Lipinski definition) is 2. The number of anilines is 1. The van der Waals surface area contributed by atoms with Crippen LogP contribution in [0.3, 0.4) is 0 Å². The highest BCUT2D eigenvalue weighted by Gasteiger charge is 2.12. The largest absolute Gasteiger partial charge is 0.507 e. The maximum atomic E-state index is 11.0. The Morgan fingerprint density at radius 1 is 1.44 bits per heavy atom. The summed E-state index contributed by atoms with van der Waals surface area (Å²) in [7, 11) is -3.47. The molecule has 0 spiro atoms. The van der Waals surface area contributed by atoms with E-state index in [1.165, 1.54) is 6.07 Å². The van der Waals surface area contributed by atoms with Gasteiger partial charge in [-0.1, -0.05) is 0 Å². The molecule has 0 saturated heterocycles. The van der Waals surface area contributed by atoms with Crippen LogP contribution in [-0.4, -0.2) is 31.8 Å². The number of sulfonamides is 1. The van der Waals surface area contributed by atoms with E-state index in [2.05, 4.69) is 4.72 Å². The Balaban J connectivity index is 3.17. The number of ketones is 1. The first-order valence-corrected chi connectivity index (χ1v) is 6.03. The Labute approximate surface area is 92.0 Å². The predicted molar refractivity (Wildman–Crippen MR) is 57.0 cm³/mol. The van der Waals surface area contributed by atoms with Gasteiger partial charge in [-0.25, -0.2) is 8.42 Å². The summed E-state index contributed by atoms with van der Waals surface area (Å²) in [4.78, 5) is 21.3. The first-order chi connectivity index (χ1) is 7.33. The normalized spacial score (nSPS) is 10.8. The van der Waals surface area contributed by atoms with Crippen molar-refractivity contribution in [3.8, 4) is 5.75 Å². The van der Waals surface area contributed by atoms with E-state index < -0.39 is 15.8 Å². The van der Waals surface area contributed by atoms with Crippen molar-refractivity contribution in [3.05, 3.63) is 23.8 Å². The van der Waals surface area contributed by atoms with E-state index in [9.17, 15) is 23.1 Å². The fourth-order valence-electron chi connectivity index (χ4n) is 1.07. The molecular formula is C9H9NO5S. The molecule has 0 aliphatic carbocycles. The van der Waals surface area contributed by atoms with E-state index in [1.807, 2.05) is 0 Å². The van der Waals surface area contributed by atoms with Crippen LogP contribution in [-0.2, 0) is 14.8 Å². The second-order valence-corrected chi connectivity index (χ2v) is 4.84. The standard InChI is InChI=1S/C9H9NO5S/c1-16(14,15)10-6-2-3-8(12)7(4-6)9(13)5-11/h2-5,10,12H,1H3. The van der Waals surface area contributed by atoms with E-state index in [4.69, 9.17) is 0 Å². The fourth-order valence-corrected chi connectivity index (χ4v) is 1.63. The second-order valence-electron chi connectivity index (χ2n) is 3.09. The van der Waals surface area contributed by atoms with Crippen molar-refractivity contribution < 1.29 is 23.1 Å². The highest BCUT2D eigenvalue weighted by molar-refractivity contribution is 7.92. The third kappa shape index (κ3) is 3.06. The molecule has 0 aliphatic heterocycles. The molecule has 0 aliphatic rings. The van der Waals surface area contributed by atoms with E-state index >= 15 is 0 Å². The second kappa shape index (κ2) is 4.31. The Bertz CT molecular complexity index is 535. The number of nitrogens with one attached hydrogen (secondary N) is 1. The number of Topliss-reactive ketones (excluding diaryl/α,β-unsaturated/α-hetero) is 1. The average molecular weight is 243 g/mol. The molecule has 0 fully saturated rings. The molecule has 1 aromatic rings. The van der Waals surface area contributed by atoms with E-state index in [1.54, 1.807) is 0 Å². The van der Waals surface area contributed by atoms with Crippen LogP contribution in [0.1, 0.15) is 10.4 Å². The first-order valence-electron chi connectivity index (χ1n) is 4.14. The summed E-state index contributed by atoms with van der Waals surface area (Å²) in [6.45, 7) is 0. The lowest BCUT2D eigenvalue weighted by atomic mass is 10.1. The lowest BCUT2D eigenvalue weighted by Gasteiger charge is -2.06. The van der Waals surface area contributed by atoms with Crippen LogP contribution in [0.25, 0.3) is 0 Å². The van der Waals surface area contributed by atoms with Crippen molar-refractivity contribution in [2.75, 3.05) is 11.0 Å². The summed E-state index contributed by atoms with van der Waals surface area (Å²) in [6, 6.07) is 3.50. The van der Waals surface area contributed by atoms with Crippen LogP contribution in [0.15, 0.2) is 18.2 Å². The number of aromatic hydroxyl groups is 1. The minimum Gasteiger partial charge on any atom is -0.507 e. The zero-order valence-electron chi connectivity index (χ0n) is 8.30. The number of aldehydes is 1. The Morgan fingerprint density at radius 3 is 2.56 bits per heavy atom. The van der Waals surface area contributed by atoms with Gasteiger partial charge in [-0.2, -0.15) is 0 Å². The number of hydrogen-bond acceptors (Lipinski definition) is 5. The molecule has 2 N–H and O–H groups in total. The van der Waals surface area contributed by atoms with Gasteiger partial charge in [0.1, 0.15) is 5.75 Å². The maximum Gasteiger partial charge on any atom is 0.229 e. The minimum absolute atomic E-state index is 0.0410. The Morgan fingerprint density at radius 2 is 2.06 bits per heavy atom. The topological polar surface area (TPSA) is 101 Å². The summed E-state index contributed by atoms with van der Waals surface area (Å²) in [5.41, 5.74) is -0.144. The van der Waals surface area contributed by atoms with Crippen molar-refractivity contribution in [2.45, 2.75) is 0 Å². The third-order valence-electron chi connectivity index (χ3n) is 1.67. The average Bonchev–Trinajstić information content (AvgIpc) is 2.18. The molecule has 0 bridgehead atoms. The molecule has 0 aromatic heterocycles. The molecule has 0 unspecified atom stereocenters. The molecule has 0 heterocycles. The van der Waals surface area contributed by atoms with Gasteiger partial charge in [-0.15, -0.1) is 0 Å². The molecule has 1 aromatic carbocycles. The van der Waals surface area contributed by atoms with Crippen LogP contribution in [0.5, 0.6) is 5.75 Å². The molecule has 0 radical (unpaired) electrons. The summed E-state index contributed by atoms with van der Waals surface area (Å²) >= 11 is 0. The van der Waals surface area contributed by atoms with Gasteiger partial charge in [0.05, 0.1) is 11.8 Å². The molecule has 0 amide bonds. The van der Waals surface area contributed by atoms with E-state index in [0.717, 1.165) is 18.4 Å². The molecular weight excluding hydrogens is 234 g/mol. The number of benzene rings is 1. The van der Waals surface area contributed by atoms with Crippen LogP contribution >= 0.6 is 0 Å². The smallest absolute Gasteiger partial charge is 0.229 e. The lowest BCUT2D eigenvalue weighted by Crippen LogP contribution is -2.10. The SMILES string of the molecule is CS(=O)(=O)Nc1ccc(O)c(C(=O)C=O)c1. The zero-order valence-corrected chi connectivity index (χ0v) is 9.11. The number of carbonyl (C=O) groups is 2. The molecule has 1 rings (SSSR count). The third-order valence-corrected chi connectivity index (χ3v) is 2.28. The van der Waals surface area contributed by atoms with Gasteiger partial charge in [-0.3, -0.25) is 14.3 Å². The van der Waals surface area contributed by atoms with Crippen LogP contribution in [0.4, 0.5) is 5.69 Å². The Hall–Kier alpha value is -1.89. The molecule has 86 valence electrons. The monoisotopic (exact) mass is 243 g/mol. The predicted octanol–water partition coefficient (Wildman–Crippen LogP) is 0.145. The highest BCUT2D eigenvalue weighted by atomic mass is 32.2. The highest BCUT2D eigenvalue weighted by Crippen LogP contribution is 2.21. The van der Waals surface area contributed by atoms with Gasteiger partial charge in [0.15, 0.2) is 6.29 Å². The molecule has 16 heavy (non-hydrogen) atoms. The van der Waals surface area contributed by atoms with Crippen LogP contribution in [0, 0.1) is 0 Å². The van der Waals surface area contributed by atoms with Gasteiger partial charge in [-0.05, 0) is 18.2 Å². The summed E-state index contributed by atoms with van der Waals surface area (Å²) in [5.74, 6) is -1.30. The van der Waals surface area contributed by atoms with Crippen molar-refractivity contribution in [3.63, 3.8) is 0 Å². The van der Waals surface area contributed by atoms with Gasteiger partial charge in [0, 0.05) is 5.69 Å². The first kappa shape index (κ1) is 12.2. The van der Waals surface area contributed by atoms with E-state index in [-0.39, 0.29) is 23.3 Å². The number of carbonyl (C=O) groups excluding carboxylic acids is 2. The van der Waals surface area contributed by atoms with Gasteiger partial charge >= 0.3 is 0 Å². The van der Waals surface area contributed by atoms with Crippen molar-refractivity contribution in [2.24, 2.45) is 0 Å². The number of phenols is 1. The summed E-state index contributed by atoms with van der Waals surface area (Å²) in [6.07, 6.45) is 0.986. The molecule has 7 heteroatoms.